The number of aromatic nitrogens is 2. The lowest BCUT2D eigenvalue weighted by atomic mass is 10.1. The van der Waals surface area contributed by atoms with E-state index in [-0.39, 0.29) is 16.4 Å². The van der Waals surface area contributed by atoms with Gasteiger partial charge in [-0.25, -0.2) is 17.8 Å². The molecule has 0 unspecified atom stereocenters. The van der Waals surface area contributed by atoms with Gasteiger partial charge in [0.1, 0.15) is 5.82 Å². The van der Waals surface area contributed by atoms with Crippen LogP contribution in [-0.2, 0) is 9.84 Å². The lowest BCUT2D eigenvalue weighted by Gasteiger charge is -2.08. The SMILES string of the molecule is CS(=O)(=O)c1nc(C(=O)Nc2cccc(C(=O)Nc3cccc(F)c3)c2)c2ccccn12. The third-order valence-corrected chi connectivity index (χ3v) is 5.48. The Bertz CT molecular complexity index is 1460. The molecule has 0 aliphatic rings. The van der Waals surface area contributed by atoms with Crippen molar-refractivity contribution >= 4 is 38.5 Å². The number of carbonyl (C=O) groups is 2. The number of benzene rings is 2. The molecule has 0 radical (unpaired) electrons. The average molecular weight is 452 g/mol. The van der Waals surface area contributed by atoms with Gasteiger partial charge in [-0.1, -0.05) is 18.2 Å². The van der Waals surface area contributed by atoms with E-state index in [1.807, 2.05) is 0 Å². The fourth-order valence-corrected chi connectivity index (χ4v) is 3.91. The highest BCUT2D eigenvalue weighted by Gasteiger charge is 2.23. The number of hydrogen-bond acceptors (Lipinski definition) is 5. The molecule has 10 heteroatoms. The van der Waals surface area contributed by atoms with Crippen molar-refractivity contribution < 1.29 is 22.4 Å². The summed E-state index contributed by atoms with van der Waals surface area (Å²) in [6.07, 6.45) is 2.52. The Morgan fingerprint density at radius 2 is 1.59 bits per heavy atom. The highest BCUT2D eigenvalue weighted by molar-refractivity contribution is 7.90. The molecule has 0 aliphatic carbocycles. The van der Waals surface area contributed by atoms with Crippen LogP contribution in [0.4, 0.5) is 15.8 Å². The lowest BCUT2D eigenvalue weighted by Crippen LogP contribution is -2.15. The molecule has 0 fully saturated rings. The van der Waals surface area contributed by atoms with Crippen LogP contribution in [0.25, 0.3) is 5.52 Å². The third kappa shape index (κ3) is 4.35. The van der Waals surface area contributed by atoms with Gasteiger partial charge in [-0.3, -0.25) is 14.0 Å². The van der Waals surface area contributed by atoms with Crippen molar-refractivity contribution in [3.8, 4) is 0 Å². The number of amides is 2. The van der Waals surface area contributed by atoms with Crippen molar-refractivity contribution in [1.29, 1.82) is 0 Å². The quantitative estimate of drug-likeness (QED) is 0.482. The highest BCUT2D eigenvalue weighted by Crippen LogP contribution is 2.20. The normalized spacial score (nSPS) is 11.3. The van der Waals surface area contributed by atoms with Gasteiger partial charge in [0.2, 0.25) is 15.0 Å². The first-order valence-corrected chi connectivity index (χ1v) is 11.3. The smallest absolute Gasteiger partial charge is 0.276 e. The summed E-state index contributed by atoms with van der Waals surface area (Å²) in [7, 11) is -3.67. The van der Waals surface area contributed by atoms with Gasteiger partial charge in [0.25, 0.3) is 11.8 Å². The van der Waals surface area contributed by atoms with Gasteiger partial charge < -0.3 is 10.6 Å². The van der Waals surface area contributed by atoms with Crippen molar-refractivity contribution in [2.75, 3.05) is 16.9 Å². The van der Waals surface area contributed by atoms with Gasteiger partial charge in [-0.2, -0.15) is 0 Å². The monoisotopic (exact) mass is 452 g/mol. The number of nitrogens with zero attached hydrogens (tertiary/aromatic N) is 2. The van der Waals surface area contributed by atoms with Crippen LogP contribution in [0, 0.1) is 5.82 Å². The first kappa shape index (κ1) is 21.2. The summed E-state index contributed by atoms with van der Waals surface area (Å²) in [6, 6.07) is 16.5. The van der Waals surface area contributed by atoms with Crippen LogP contribution < -0.4 is 10.6 Å². The van der Waals surface area contributed by atoms with E-state index in [2.05, 4.69) is 15.6 Å². The van der Waals surface area contributed by atoms with Crippen molar-refractivity contribution in [2.45, 2.75) is 5.16 Å². The Kier molecular flexibility index (Phi) is 5.45. The maximum atomic E-state index is 13.3. The number of anilines is 2. The Hall–Kier alpha value is -4.05. The van der Waals surface area contributed by atoms with Crippen molar-refractivity contribution in [2.24, 2.45) is 0 Å². The third-order valence-electron chi connectivity index (χ3n) is 4.53. The lowest BCUT2D eigenvalue weighted by molar-refractivity contribution is 0.101. The predicted molar refractivity (Wildman–Crippen MR) is 117 cm³/mol. The van der Waals surface area contributed by atoms with E-state index in [9.17, 15) is 22.4 Å². The fraction of sp³-hybridized carbons (Fsp3) is 0.0455. The Morgan fingerprint density at radius 3 is 2.31 bits per heavy atom. The van der Waals surface area contributed by atoms with E-state index in [4.69, 9.17) is 0 Å². The van der Waals surface area contributed by atoms with E-state index in [1.54, 1.807) is 36.4 Å². The number of rotatable bonds is 5. The van der Waals surface area contributed by atoms with Gasteiger partial charge in [0.15, 0.2) is 5.69 Å². The number of sulfone groups is 1. The molecule has 0 atom stereocenters. The molecule has 2 N–H and O–H groups in total. The fourth-order valence-electron chi connectivity index (χ4n) is 3.14. The van der Waals surface area contributed by atoms with Crippen molar-refractivity contribution in [3.05, 3.63) is 90.0 Å². The molecule has 0 spiro atoms. The summed E-state index contributed by atoms with van der Waals surface area (Å²) in [5, 5.41) is 4.97. The van der Waals surface area contributed by atoms with Crippen LogP contribution in [-0.4, -0.2) is 35.9 Å². The van der Waals surface area contributed by atoms with Crippen LogP contribution in [0.3, 0.4) is 0 Å². The molecule has 4 aromatic rings. The van der Waals surface area contributed by atoms with E-state index in [0.29, 0.717) is 16.9 Å². The molecular weight excluding hydrogens is 435 g/mol. The zero-order valence-corrected chi connectivity index (χ0v) is 17.6. The standard InChI is InChI=1S/C22H17FN4O4S/c1-32(30,31)22-26-19(18-10-2-3-11-27(18)22)21(29)25-16-8-4-6-14(12-16)20(28)24-17-9-5-7-15(23)13-17/h2-13H,1H3,(H,24,28)(H,25,29). The summed E-state index contributed by atoms with van der Waals surface area (Å²) in [5.74, 6) is -1.60. The van der Waals surface area contributed by atoms with Crippen LogP contribution in [0.2, 0.25) is 0 Å². The van der Waals surface area contributed by atoms with Gasteiger partial charge >= 0.3 is 0 Å². The summed E-state index contributed by atoms with van der Waals surface area (Å²) in [5.41, 5.74) is 1.09. The van der Waals surface area contributed by atoms with Crippen LogP contribution in [0.15, 0.2) is 78.1 Å². The molecule has 8 nitrogen and oxygen atoms in total. The Morgan fingerprint density at radius 1 is 0.906 bits per heavy atom. The van der Waals surface area contributed by atoms with Gasteiger partial charge in [0.05, 0.1) is 5.52 Å². The molecule has 0 bridgehead atoms. The number of imidazole rings is 1. The number of fused-ring (bicyclic) bond motifs is 1. The second kappa shape index (κ2) is 8.23. The maximum absolute atomic E-state index is 13.3. The maximum Gasteiger partial charge on any atom is 0.276 e. The van der Waals surface area contributed by atoms with E-state index in [0.717, 1.165) is 6.26 Å². The molecule has 162 valence electrons. The molecule has 0 saturated heterocycles. The Balaban J connectivity index is 1.59. The first-order chi connectivity index (χ1) is 15.2. The molecule has 0 aliphatic heterocycles. The summed E-state index contributed by atoms with van der Waals surface area (Å²) >= 11 is 0. The van der Waals surface area contributed by atoms with Gasteiger partial charge in [0, 0.05) is 29.4 Å². The molecule has 2 heterocycles. The molecule has 0 saturated carbocycles. The van der Waals surface area contributed by atoms with Crippen molar-refractivity contribution in [3.63, 3.8) is 0 Å². The molecule has 2 aromatic heterocycles. The molecular formula is C22H17FN4O4S. The van der Waals surface area contributed by atoms with E-state index >= 15 is 0 Å². The van der Waals surface area contributed by atoms with E-state index < -0.39 is 27.5 Å². The molecule has 2 amide bonds. The number of carbonyl (C=O) groups excluding carboxylic acids is 2. The van der Waals surface area contributed by atoms with Crippen LogP contribution in [0.1, 0.15) is 20.8 Å². The zero-order chi connectivity index (χ0) is 22.9. The van der Waals surface area contributed by atoms with E-state index in [1.165, 1.54) is 40.9 Å². The minimum Gasteiger partial charge on any atom is -0.322 e. The Labute approximate surface area is 182 Å². The molecule has 2 aromatic carbocycles. The summed E-state index contributed by atoms with van der Waals surface area (Å²) < 4.78 is 38.8. The number of nitrogens with one attached hydrogen (secondary N) is 2. The van der Waals surface area contributed by atoms with Gasteiger partial charge in [-0.15, -0.1) is 0 Å². The van der Waals surface area contributed by atoms with Crippen LogP contribution in [0.5, 0.6) is 0 Å². The number of pyridine rings is 1. The summed E-state index contributed by atoms with van der Waals surface area (Å²) in [4.78, 5) is 29.4. The minimum atomic E-state index is -3.67. The average Bonchev–Trinajstić information content (AvgIpc) is 3.14. The predicted octanol–water partition coefficient (Wildman–Crippen LogP) is 3.38. The number of hydrogen-bond donors (Lipinski definition) is 2. The summed E-state index contributed by atoms with van der Waals surface area (Å²) in [6.45, 7) is 0. The van der Waals surface area contributed by atoms with Crippen molar-refractivity contribution in [1.82, 2.24) is 9.38 Å². The number of halogens is 1. The second-order valence-corrected chi connectivity index (χ2v) is 8.88. The second-order valence-electron chi connectivity index (χ2n) is 6.97. The largest absolute Gasteiger partial charge is 0.322 e. The first-order valence-electron chi connectivity index (χ1n) is 9.38. The minimum absolute atomic E-state index is 0.0689. The molecule has 32 heavy (non-hydrogen) atoms. The van der Waals surface area contributed by atoms with Crippen LogP contribution >= 0.6 is 0 Å². The topological polar surface area (TPSA) is 110 Å². The van der Waals surface area contributed by atoms with Gasteiger partial charge in [-0.05, 0) is 48.5 Å². The highest BCUT2D eigenvalue weighted by atomic mass is 32.2. The molecule has 4 rings (SSSR count). The zero-order valence-electron chi connectivity index (χ0n) is 16.7.